The Morgan fingerprint density at radius 1 is 0.585 bits per heavy atom. The Balaban J connectivity index is 2.45. The quantitative estimate of drug-likeness (QED) is 0.0165. The Morgan fingerprint density at radius 2 is 1.02 bits per heavy atom. The number of rotatable bonds is 34. The van der Waals surface area contributed by atoms with Crippen LogP contribution in [0.1, 0.15) is 162 Å². The highest BCUT2D eigenvalue weighted by Gasteiger charge is 2.51. The van der Waals surface area contributed by atoms with Crippen molar-refractivity contribution in [1.82, 2.24) is 0 Å². The van der Waals surface area contributed by atoms with Crippen LogP contribution in [-0.4, -0.2) is 98.9 Å². The summed E-state index contributed by atoms with van der Waals surface area (Å²) in [6, 6.07) is 0. The Kier molecular flexibility index (Phi) is 30.1. The van der Waals surface area contributed by atoms with Gasteiger partial charge in [0, 0.05) is 13.0 Å². The molecule has 0 amide bonds. The summed E-state index contributed by atoms with van der Waals surface area (Å²) in [7, 11) is -5.01. The van der Waals surface area contributed by atoms with E-state index < -0.39 is 63.1 Å². The maximum atomic E-state index is 12.7. The summed E-state index contributed by atoms with van der Waals surface area (Å²) >= 11 is 0. The van der Waals surface area contributed by atoms with E-state index in [2.05, 4.69) is 38.2 Å². The molecule has 1 aliphatic rings. The highest BCUT2D eigenvalue weighted by atomic mass is 31.2. The van der Waals surface area contributed by atoms with Crippen molar-refractivity contribution >= 4 is 13.8 Å². The maximum Gasteiger partial charge on any atom is 0.472 e. The fraction of sp³-hybridized carbons (Fsp3) is 0.875. The predicted octanol–water partition coefficient (Wildman–Crippen LogP) is 7.36. The Bertz CT molecular complexity index is 979. The minimum Gasteiger partial charge on any atom is -0.457 e. The lowest BCUT2D eigenvalue weighted by Crippen LogP contribution is -2.64. The second-order valence-electron chi connectivity index (χ2n) is 14.5. The van der Waals surface area contributed by atoms with Crippen molar-refractivity contribution in [1.29, 1.82) is 0 Å². The van der Waals surface area contributed by atoms with Crippen LogP contribution in [0, 0.1) is 0 Å². The van der Waals surface area contributed by atoms with E-state index >= 15 is 0 Å². The number of esters is 1. The number of allylic oxidation sites excluding steroid dienone is 4. The number of carbonyl (C=O) groups is 1. The minimum absolute atomic E-state index is 0.0826. The zero-order chi connectivity index (χ0) is 39.2. The second kappa shape index (κ2) is 32.0. The Hall–Kier alpha value is -1.18. The van der Waals surface area contributed by atoms with Gasteiger partial charge in [0.15, 0.2) is 0 Å². The number of phosphoric acid groups is 1. The lowest BCUT2D eigenvalue weighted by atomic mass is 9.85. The third-order valence-corrected chi connectivity index (χ3v) is 10.5. The van der Waals surface area contributed by atoms with Crippen LogP contribution in [0.4, 0.5) is 0 Å². The summed E-state index contributed by atoms with van der Waals surface area (Å²) in [5, 5.41) is 50.0. The lowest BCUT2D eigenvalue weighted by Gasteiger charge is -2.41. The average Bonchev–Trinajstić information content (AvgIpc) is 3.14. The molecule has 0 spiro atoms. The Labute approximate surface area is 320 Å². The molecule has 0 radical (unpaired) electrons. The van der Waals surface area contributed by atoms with Crippen LogP contribution in [0.5, 0.6) is 0 Å². The second-order valence-corrected chi connectivity index (χ2v) is 15.9. The first kappa shape index (κ1) is 49.8. The molecule has 312 valence electrons. The lowest BCUT2D eigenvalue weighted by molar-refractivity contribution is -0.220. The predicted molar refractivity (Wildman–Crippen MR) is 207 cm³/mol. The monoisotopic (exact) mass is 778 g/mol. The number of hydrogen-bond acceptors (Lipinski definition) is 11. The molecule has 1 saturated carbocycles. The molecule has 1 aliphatic carbocycles. The zero-order valence-electron chi connectivity index (χ0n) is 32.8. The van der Waals surface area contributed by atoms with Gasteiger partial charge in [0.2, 0.25) is 0 Å². The van der Waals surface area contributed by atoms with Gasteiger partial charge < -0.3 is 39.9 Å². The Morgan fingerprint density at radius 3 is 1.55 bits per heavy atom. The number of carbonyl (C=O) groups excluding carboxylic acids is 1. The van der Waals surface area contributed by atoms with E-state index in [1.165, 1.54) is 64.2 Å². The van der Waals surface area contributed by atoms with E-state index in [-0.39, 0.29) is 13.0 Å². The molecule has 53 heavy (non-hydrogen) atoms. The number of aliphatic hydroxyl groups is 5. The molecule has 13 heteroatoms. The van der Waals surface area contributed by atoms with Gasteiger partial charge in [-0.1, -0.05) is 122 Å². The molecular formula is C40H75O12P. The fourth-order valence-electron chi connectivity index (χ4n) is 6.15. The molecule has 0 aromatic heterocycles. The van der Waals surface area contributed by atoms with Gasteiger partial charge >= 0.3 is 13.8 Å². The maximum absolute atomic E-state index is 12.7. The molecule has 0 aromatic rings. The van der Waals surface area contributed by atoms with E-state index in [1.807, 2.05) is 0 Å². The van der Waals surface area contributed by atoms with Crippen molar-refractivity contribution in [2.45, 2.75) is 204 Å². The molecule has 6 N–H and O–H groups in total. The van der Waals surface area contributed by atoms with Crippen LogP contribution in [-0.2, 0) is 27.9 Å². The largest absolute Gasteiger partial charge is 0.472 e. The molecule has 0 bridgehead atoms. The molecule has 6 unspecified atom stereocenters. The van der Waals surface area contributed by atoms with E-state index in [4.69, 9.17) is 18.5 Å². The number of unbranched alkanes of at least 4 members (excludes halogenated alkanes) is 18. The molecule has 0 heterocycles. The normalized spacial score (nSPS) is 23.8. The van der Waals surface area contributed by atoms with Crippen molar-refractivity contribution < 1.29 is 58.3 Å². The summed E-state index contributed by atoms with van der Waals surface area (Å²) in [6.07, 6.45) is 21.1. The number of aliphatic hydroxyl groups excluding tert-OH is 5. The highest BCUT2D eigenvalue weighted by Crippen LogP contribution is 2.47. The number of hydrogen-bond donors (Lipinski definition) is 6. The summed E-state index contributed by atoms with van der Waals surface area (Å²) in [4.78, 5) is 23.0. The highest BCUT2D eigenvalue weighted by molar-refractivity contribution is 7.47. The molecule has 1 rings (SSSR count). The van der Waals surface area contributed by atoms with Gasteiger partial charge in [0.1, 0.15) is 42.7 Å². The summed E-state index contributed by atoms with van der Waals surface area (Å²) in [5.41, 5.74) is 0. The molecule has 0 aromatic carbocycles. The van der Waals surface area contributed by atoms with Crippen molar-refractivity contribution in [3.63, 3.8) is 0 Å². The molecule has 0 aliphatic heterocycles. The van der Waals surface area contributed by atoms with Gasteiger partial charge in [-0.3, -0.25) is 13.8 Å². The van der Waals surface area contributed by atoms with Gasteiger partial charge in [-0.05, 0) is 57.8 Å². The summed E-state index contributed by atoms with van der Waals surface area (Å²) < 4.78 is 34.0. The van der Waals surface area contributed by atoms with E-state index in [9.17, 15) is 39.8 Å². The minimum atomic E-state index is -5.01. The van der Waals surface area contributed by atoms with Crippen LogP contribution in [0.25, 0.3) is 0 Å². The van der Waals surface area contributed by atoms with Crippen LogP contribution in [0.15, 0.2) is 24.3 Å². The van der Waals surface area contributed by atoms with Crippen molar-refractivity contribution in [3.8, 4) is 0 Å². The molecular weight excluding hydrogens is 703 g/mol. The van der Waals surface area contributed by atoms with Crippen molar-refractivity contribution in [2.75, 3.05) is 19.8 Å². The van der Waals surface area contributed by atoms with Gasteiger partial charge in [-0.15, -0.1) is 0 Å². The van der Waals surface area contributed by atoms with E-state index in [0.29, 0.717) is 13.0 Å². The van der Waals surface area contributed by atoms with Crippen molar-refractivity contribution in [3.05, 3.63) is 24.3 Å². The molecule has 12 nitrogen and oxygen atoms in total. The van der Waals surface area contributed by atoms with E-state index in [0.717, 1.165) is 70.6 Å². The first-order valence-corrected chi connectivity index (χ1v) is 22.2. The zero-order valence-corrected chi connectivity index (χ0v) is 33.7. The van der Waals surface area contributed by atoms with Crippen LogP contribution >= 0.6 is 7.82 Å². The van der Waals surface area contributed by atoms with Gasteiger partial charge in [-0.2, -0.15) is 0 Å². The third kappa shape index (κ3) is 24.8. The van der Waals surface area contributed by atoms with Gasteiger partial charge in [0.05, 0.1) is 13.2 Å². The number of ether oxygens (including phenoxy) is 2. The van der Waals surface area contributed by atoms with Crippen LogP contribution in [0.3, 0.4) is 0 Å². The fourth-order valence-corrected chi connectivity index (χ4v) is 7.13. The van der Waals surface area contributed by atoms with Crippen molar-refractivity contribution in [2.24, 2.45) is 0 Å². The third-order valence-electron chi connectivity index (χ3n) is 9.55. The standard InChI is InChI=1S/C40H75O12P/c1-3-5-7-9-11-13-15-16-17-18-20-22-24-26-28-30-49-31-33(51-34(41)29-27-25-23-21-19-14-12-10-8-6-4-2)32-50-53(47,48)52-40-38(45)36(43)35(42)37(44)39(40)46/h10,12,15-16,33,35-40,42-46H,3-9,11,13-14,17-32H2,1-2H3,(H,47,48)/b12-10-,16-15-. The van der Waals surface area contributed by atoms with E-state index in [1.54, 1.807) is 0 Å². The SMILES string of the molecule is CCCC/C=C\CCCCCCCC(=O)OC(COCCCCCCCC/C=C\CCCCCCC)COP(=O)(O)OC1C(O)C(O)C(O)C(O)C1O. The first-order valence-electron chi connectivity index (χ1n) is 20.7. The summed E-state index contributed by atoms with van der Waals surface area (Å²) in [5.74, 6) is -0.491. The van der Waals surface area contributed by atoms with Gasteiger partial charge in [-0.25, -0.2) is 4.57 Å². The van der Waals surface area contributed by atoms with Crippen LogP contribution in [0.2, 0.25) is 0 Å². The molecule has 0 saturated heterocycles. The molecule has 6 atom stereocenters. The number of phosphoric ester groups is 1. The smallest absolute Gasteiger partial charge is 0.457 e. The molecule has 1 fully saturated rings. The first-order chi connectivity index (χ1) is 25.5. The van der Waals surface area contributed by atoms with Crippen LogP contribution < -0.4 is 0 Å². The average molecular weight is 779 g/mol. The topological polar surface area (TPSA) is 192 Å². The summed E-state index contributed by atoms with van der Waals surface area (Å²) in [6.45, 7) is 4.17. The van der Waals surface area contributed by atoms with Gasteiger partial charge in [0.25, 0.3) is 0 Å².